The van der Waals surface area contributed by atoms with Crippen molar-refractivity contribution in [2.24, 2.45) is 0 Å². The summed E-state index contributed by atoms with van der Waals surface area (Å²) in [6, 6.07) is 15.4. The van der Waals surface area contributed by atoms with Crippen LogP contribution in [0, 0.1) is 0 Å². The molecule has 1 fully saturated rings. The van der Waals surface area contributed by atoms with Crippen molar-refractivity contribution in [2.45, 2.75) is 44.9 Å². The molecule has 0 radical (unpaired) electrons. The summed E-state index contributed by atoms with van der Waals surface area (Å²) in [7, 11) is 1.63. The number of nitrogens with zero attached hydrogens (tertiary/aromatic N) is 1. The van der Waals surface area contributed by atoms with Gasteiger partial charge in [-0.2, -0.15) is 0 Å². The topological polar surface area (TPSA) is 41.9 Å². The highest BCUT2D eigenvalue weighted by molar-refractivity contribution is 5.45. The molecule has 4 heteroatoms. The highest BCUT2D eigenvalue weighted by Crippen LogP contribution is 2.38. The van der Waals surface area contributed by atoms with Crippen molar-refractivity contribution in [1.29, 1.82) is 0 Å². The number of benzene rings is 2. The van der Waals surface area contributed by atoms with Crippen LogP contribution in [-0.2, 0) is 5.60 Å². The number of hydrogen-bond donors (Lipinski definition) is 1. The molecule has 2 atom stereocenters. The quantitative estimate of drug-likeness (QED) is 0.810. The lowest BCUT2D eigenvalue weighted by molar-refractivity contribution is 0.0586. The third-order valence-corrected chi connectivity index (χ3v) is 5.36. The molecule has 26 heavy (non-hydrogen) atoms. The molecule has 0 amide bonds. The van der Waals surface area contributed by atoms with Gasteiger partial charge in [0.2, 0.25) is 0 Å². The Morgan fingerprint density at radius 2 is 1.73 bits per heavy atom. The van der Waals surface area contributed by atoms with Crippen LogP contribution in [0.25, 0.3) is 0 Å². The van der Waals surface area contributed by atoms with Crippen LogP contribution in [0.4, 0.5) is 0 Å². The lowest BCUT2D eigenvalue weighted by atomic mass is 9.83. The summed E-state index contributed by atoms with van der Waals surface area (Å²) in [6.45, 7) is 6.27. The Kier molecular flexibility index (Phi) is 5.84. The smallest absolute Gasteiger partial charge is 0.149 e. The molecule has 2 unspecified atom stereocenters. The maximum absolute atomic E-state index is 11.4. The Morgan fingerprint density at radius 1 is 1.08 bits per heavy atom. The summed E-state index contributed by atoms with van der Waals surface area (Å²) >= 11 is 0. The zero-order chi connectivity index (χ0) is 18.6. The molecule has 1 N–H and O–H groups in total. The first-order valence-corrected chi connectivity index (χ1v) is 9.45. The minimum Gasteiger partial charge on any atom is -0.496 e. The molecule has 0 spiro atoms. The van der Waals surface area contributed by atoms with Gasteiger partial charge in [-0.1, -0.05) is 37.3 Å². The summed E-state index contributed by atoms with van der Waals surface area (Å²) in [4.78, 5) is 2.35. The minimum absolute atomic E-state index is 0.0719. The SMILES string of the molecule is CCC(O)(c1ccc(OC(C)N2CCCC2)cc1)c1ccccc1OC. The fourth-order valence-electron chi connectivity index (χ4n) is 3.72. The third-order valence-electron chi connectivity index (χ3n) is 5.36. The molecule has 1 aliphatic heterocycles. The summed E-state index contributed by atoms with van der Waals surface area (Å²) in [5.74, 6) is 1.52. The largest absolute Gasteiger partial charge is 0.496 e. The summed E-state index contributed by atoms with van der Waals surface area (Å²) in [5.41, 5.74) is 0.529. The summed E-state index contributed by atoms with van der Waals surface area (Å²) in [5, 5.41) is 11.4. The van der Waals surface area contributed by atoms with Gasteiger partial charge in [0, 0.05) is 18.7 Å². The van der Waals surface area contributed by atoms with Gasteiger partial charge in [0.25, 0.3) is 0 Å². The van der Waals surface area contributed by atoms with E-state index in [4.69, 9.17) is 9.47 Å². The molecule has 0 bridgehead atoms. The molecule has 140 valence electrons. The highest BCUT2D eigenvalue weighted by Gasteiger charge is 2.32. The number of aliphatic hydroxyl groups is 1. The first kappa shape index (κ1) is 18.7. The predicted octanol–water partition coefficient (Wildman–Crippen LogP) is 4.16. The first-order valence-electron chi connectivity index (χ1n) is 9.45. The van der Waals surface area contributed by atoms with E-state index in [0.29, 0.717) is 12.2 Å². The van der Waals surface area contributed by atoms with Gasteiger partial charge in [-0.25, -0.2) is 0 Å². The van der Waals surface area contributed by atoms with Gasteiger partial charge in [0.1, 0.15) is 23.3 Å². The lowest BCUT2D eigenvalue weighted by Gasteiger charge is -2.30. The molecular formula is C22H29NO3. The van der Waals surface area contributed by atoms with E-state index >= 15 is 0 Å². The molecule has 0 aliphatic carbocycles. The average Bonchev–Trinajstić information content (AvgIpc) is 3.23. The van der Waals surface area contributed by atoms with Crippen molar-refractivity contribution >= 4 is 0 Å². The first-order chi connectivity index (χ1) is 12.6. The molecule has 3 rings (SSSR count). The second-order valence-corrected chi connectivity index (χ2v) is 6.90. The minimum atomic E-state index is -1.09. The van der Waals surface area contributed by atoms with E-state index in [1.54, 1.807) is 7.11 Å². The number of para-hydroxylation sites is 1. The van der Waals surface area contributed by atoms with Gasteiger partial charge in [0.15, 0.2) is 0 Å². The van der Waals surface area contributed by atoms with Crippen LogP contribution in [-0.4, -0.2) is 36.4 Å². The standard InChI is InChI=1S/C22H29NO3/c1-4-22(24,20-9-5-6-10-21(20)25-3)18-11-13-19(14-12-18)26-17(2)23-15-7-8-16-23/h5-6,9-14,17,24H,4,7-8,15-16H2,1-3H3. The van der Waals surface area contributed by atoms with Crippen LogP contribution in [0.15, 0.2) is 48.5 Å². The third kappa shape index (κ3) is 3.71. The summed E-state index contributed by atoms with van der Waals surface area (Å²) in [6.07, 6.45) is 3.12. The predicted molar refractivity (Wildman–Crippen MR) is 104 cm³/mol. The Bertz CT molecular complexity index is 710. The molecule has 2 aromatic rings. The van der Waals surface area contributed by atoms with Crippen molar-refractivity contribution in [3.05, 3.63) is 59.7 Å². The van der Waals surface area contributed by atoms with E-state index in [1.165, 1.54) is 12.8 Å². The number of rotatable bonds is 7. The molecule has 1 saturated heterocycles. The molecule has 2 aromatic carbocycles. The molecule has 1 aliphatic rings. The maximum Gasteiger partial charge on any atom is 0.149 e. The van der Waals surface area contributed by atoms with Crippen molar-refractivity contribution in [1.82, 2.24) is 4.90 Å². The monoisotopic (exact) mass is 355 g/mol. The molecular weight excluding hydrogens is 326 g/mol. The fourth-order valence-corrected chi connectivity index (χ4v) is 3.72. The van der Waals surface area contributed by atoms with E-state index in [9.17, 15) is 5.11 Å². The Labute approximate surface area is 156 Å². The second kappa shape index (κ2) is 8.11. The van der Waals surface area contributed by atoms with Crippen LogP contribution in [0.1, 0.15) is 44.2 Å². The fraction of sp³-hybridized carbons (Fsp3) is 0.455. The molecule has 1 heterocycles. The average molecular weight is 355 g/mol. The number of methoxy groups -OCH3 is 1. The number of hydrogen-bond acceptors (Lipinski definition) is 4. The van der Waals surface area contributed by atoms with E-state index in [1.807, 2.05) is 55.5 Å². The van der Waals surface area contributed by atoms with Crippen LogP contribution in [0.5, 0.6) is 11.5 Å². The van der Waals surface area contributed by atoms with Gasteiger partial charge < -0.3 is 14.6 Å². The highest BCUT2D eigenvalue weighted by atomic mass is 16.5. The van der Waals surface area contributed by atoms with E-state index in [2.05, 4.69) is 11.8 Å². The Morgan fingerprint density at radius 3 is 2.35 bits per heavy atom. The van der Waals surface area contributed by atoms with Gasteiger partial charge in [-0.3, -0.25) is 4.90 Å². The van der Waals surface area contributed by atoms with Crippen molar-refractivity contribution in [2.75, 3.05) is 20.2 Å². The van der Waals surface area contributed by atoms with Gasteiger partial charge >= 0.3 is 0 Å². The lowest BCUT2D eigenvalue weighted by Crippen LogP contribution is -2.34. The van der Waals surface area contributed by atoms with Gasteiger partial charge in [-0.05, 0) is 49.9 Å². The van der Waals surface area contributed by atoms with Crippen LogP contribution < -0.4 is 9.47 Å². The summed E-state index contributed by atoms with van der Waals surface area (Å²) < 4.78 is 11.5. The van der Waals surface area contributed by atoms with E-state index in [-0.39, 0.29) is 6.23 Å². The van der Waals surface area contributed by atoms with E-state index < -0.39 is 5.60 Å². The van der Waals surface area contributed by atoms with Crippen molar-refractivity contribution < 1.29 is 14.6 Å². The number of ether oxygens (including phenoxy) is 2. The number of likely N-dealkylation sites (tertiary alicyclic amines) is 1. The van der Waals surface area contributed by atoms with Crippen LogP contribution in [0.3, 0.4) is 0 Å². The zero-order valence-corrected chi connectivity index (χ0v) is 15.9. The van der Waals surface area contributed by atoms with Crippen LogP contribution >= 0.6 is 0 Å². The maximum atomic E-state index is 11.4. The van der Waals surface area contributed by atoms with Crippen molar-refractivity contribution in [3.8, 4) is 11.5 Å². The molecule has 4 nitrogen and oxygen atoms in total. The Hall–Kier alpha value is -2.04. The second-order valence-electron chi connectivity index (χ2n) is 6.90. The van der Waals surface area contributed by atoms with Gasteiger partial charge in [0.05, 0.1) is 7.11 Å². The van der Waals surface area contributed by atoms with Gasteiger partial charge in [-0.15, -0.1) is 0 Å². The molecule has 0 saturated carbocycles. The van der Waals surface area contributed by atoms with E-state index in [0.717, 1.165) is 30.0 Å². The van der Waals surface area contributed by atoms with Crippen molar-refractivity contribution in [3.63, 3.8) is 0 Å². The van der Waals surface area contributed by atoms with Crippen LogP contribution in [0.2, 0.25) is 0 Å². The molecule has 0 aromatic heterocycles. The zero-order valence-electron chi connectivity index (χ0n) is 15.9. The normalized spacial score (nSPS) is 18.3. The Balaban J connectivity index is 1.81.